The lowest BCUT2D eigenvalue weighted by molar-refractivity contribution is -0.0441. The second kappa shape index (κ2) is 4.80. The molecule has 0 aliphatic carbocycles. The van der Waals surface area contributed by atoms with Crippen LogP contribution in [0, 0.1) is 0 Å². The lowest BCUT2D eigenvalue weighted by atomic mass is 10.0. The molecule has 1 N–H and O–H groups in total. The topological polar surface area (TPSA) is 38.7 Å². The minimum absolute atomic E-state index is 0.233. The summed E-state index contributed by atoms with van der Waals surface area (Å²) in [6, 6.07) is 15.2. The number of phenolic OH excluding ortho intramolecular Hbond substituents is 1. The van der Waals surface area contributed by atoms with Crippen LogP contribution in [0.25, 0.3) is 11.1 Å². The molecule has 0 aromatic heterocycles. The Morgan fingerprint density at radius 2 is 1.61 bits per heavy atom. The van der Waals surface area contributed by atoms with Gasteiger partial charge in [0.05, 0.1) is 13.2 Å². The van der Waals surface area contributed by atoms with Gasteiger partial charge in [0.2, 0.25) is 0 Å². The number of ether oxygens (including phenoxy) is 2. The zero-order valence-corrected chi connectivity index (χ0v) is 9.87. The van der Waals surface area contributed by atoms with Gasteiger partial charge in [-0.05, 0) is 23.3 Å². The van der Waals surface area contributed by atoms with Gasteiger partial charge in [0.15, 0.2) is 6.29 Å². The van der Waals surface area contributed by atoms with Gasteiger partial charge >= 0.3 is 0 Å². The molecule has 0 atom stereocenters. The summed E-state index contributed by atoms with van der Waals surface area (Å²) in [7, 11) is 0. The van der Waals surface area contributed by atoms with Crippen LogP contribution >= 0.6 is 0 Å². The van der Waals surface area contributed by atoms with Crippen LogP contribution in [0.3, 0.4) is 0 Å². The van der Waals surface area contributed by atoms with Gasteiger partial charge in [0.25, 0.3) is 0 Å². The molecule has 1 aliphatic rings. The molecule has 1 saturated heterocycles. The molecular formula is C15H14O3. The second-order valence-electron chi connectivity index (χ2n) is 4.25. The van der Waals surface area contributed by atoms with E-state index in [2.05, 4.69) is 0 Å². The summed E-state index contributed by atoms with van der Waals surface area (Å²) in [6.45, 7) is 1.30. The van der Waals surface area contributed by atoms with E-state index in [-0.39, 0.29) is 12.0 Å². The fourth-order valence-corrected chi connectivity index (χ4v) is 2.07. The van der Waals surface area contributed by atoms with Gasteiger partial charge < -0.3 is 14.6 Å². The highest BCUT2D eigenvalue weighted by molar-refractivity contribution is 5.65. The third kappa shape index (κ3) is 2.23. The summed E-state index contributed by atoms with van der Waals surface area (Å²) >= 11 is 0. The standard InChI is InChI=1S/C15H14O3/c16-14-3-1-2-13(10-14)11-4-6-12(7-5-11)15-17-8-9-18-15/h1-7,10,15-16H,8-9H2. The maximum Gasteiger partial charge on any atom is 0.184 e. The van der Waals surface area contributed by atoms with Crippen molar-refractivity contribution in [2.75, 3.05) is 13.2 Å². The Kier molecular flexibility index (Phi) is 3.00. The highest BCUT2D eigenvalue weighted by Crippen LogP contribution is 2.27. The molecule has 92 valence electrons. The summed E-state index contributed by atoms with van der Waals surface area (Å²) < 4.78 is 10.9. The van der Waals surface area contributed by atoms with Gasteiger partial charge in [-0.25, -0.2) is 0 Å². The monoisotopic (exact) mass is 242 g/mol. The van der Waals surface area contributed by atoms with E-state index in [1.165, 1.54) is 0 Å². The zero-order chi connectivity index (χ0) is 12.4. The number of aromatic hydroxyl groups is 1. The molecular weight excluding hydrogens is 228 g/mol. The number of hydrogen-bond donors (Lipinski definition) is 1. The normalized spacial score (nSPS) is 16.0. The molecule has 0 amide bonds. The molecule has 2 aromatic carbocycles. The fourth-order valence-electron chi connectivity index (χ4n) is 2.07. The first-order valence-electron chi connectivity index (χ1n) is 5.95. The van der Waals surface area contributed by atoms with Crippen molar-refractivity contribution in [3.63, 3.8) is 0 Å². The van der Waals surface area contributed by atoms with Crippen LogP contribution in [0.5, 0.6) is 5.75 Å². The molecule has 18 heavy (non-hydrogen) atoms. The Hall–Kier alpha value is -1.84. The number of benzene rings is 2. The highest BCUT2D eigenvalue weighted by Gasteiger charge is 2.17. The summed E-state index contributed by atoms with van der Waals surface area (Å²) in [4.78, 5) is 0. The van der Waals surface area contributed by atoms with Crippen molar-refractivity contribution >= 4 is 0 Å². The molecule has 0 radical (unpaired) electrons. The molecule has 0 unspecified atom stereocenters. The maximum absolute atomic E-state index is 9.46. The zero-order valence-electron chi connectivity index (χ0n) is 9.87. The third-order valence-electron chi connectivity index (χ3n) is 2.98. The maximum atomic E-state index is 9.46. The lowest BCUT2D eigenvalue weighted by Crippen LogP contribution is -1.97. The van der Waals surface area contributed by atoms with Gasteiger partial charge in [0, 0.05) is 5.56 Å². The Bertz CT molecular complexity index is 528. The number of hydrogen-bond acceptors (Lipinski definition) is 3. The second-order valence-corrected chi connectivity index (χ2v) is 4.25. The van der Waals surface area contributed by atoms with Crippen LogP contribution in [0.2, 0.25) is 0 Å². The van der Waals surface area contributed by atoms with Gasteiger partial charge in [-0.3, -0.25) is 0 Å². The van der Waals surface area contributed by atoms with E-state index in [4.69, 9.17) is 9.47 Å². The van der Waals surface area contributed by atoms with Crippen LogP contribution in [0.15, 0.2) is 48.5 Å². The molecule has 2 aromatic rings. The van der Waals surface area contributed by atoms with E-state index in [9.17, 15) is 5.11 Å². The quantitative estimate of drug-likeness (QED) is 0.879. The molecule has 0 spiro atoms. The van der Waals surface area contributed by atoms with Gasteiger partial charge in [-0.15, -0.1) is 0 Å². The van der Waals surface area contributed by atoms with Crippen molar-refractivity contribution in [3.05, 3.63) is 54.1 Å². The van der Waals surface area contributed by atoms with Gasteiger partial charge in [-0.1, -0.05) is 36.4 Å². The molecule has 1 heterocycles. The number of rotatable bonds is 2. The van der Waals surface area contributed by atoms with Crippen molar-refractivity contribution in [2.24, 2.45) is 0 Å². The fraction of sp³-hybridized carbons (Fsp3) is 0.200. The molecule has 1 fully saturated rings. The first kappa shape index (κ1) is 11.3. The Balaban J connectivity index is 1.86. The van der Waals surface area contributed by atoms with E-state index in [1.807, 2.05) is 36.4 Å². The van der Waals surface area contributed by atoms with Crippen LogP contribution in [0.1, 0.15) is 11.9 Å². The Morgan fingerprint density at radius 3 is 2.28 bits per heavy atom. The predicted octanol–water partition coefficient (Wildman–Crippen LogP) is 3.10. The minimum Gasteiger partial charge on any atom is -0.508 e. The average molecular weight is 242 g/mol. The lowest BCUT2D eigenvalue weighted by Gasteiger charge is -2.10. The average Bonchev–Trinajstić information content (AvgIpc) is 2.93. The molecule has 3 nitrogen and oxygen atoms in total. The van der Waals surface area contributed by atoms with Crippen molar-refractivity contribution < 1.29 is 14.6 Å². The van der Waals surface area contributed by atoms with Crippen molar-refractivity contribution in [3.8, 4) is 16.9 Å². The van der Waals surface area contributed by atoms with E-state index in [1.54, 1.807) is 12.1 Å². The van der Waals surface area contributed by atoms with Crippen LogP contribution in [0.4, 0.5) is 0 Å². The first-order chi connectivity index (χ1) is 8.83. The van der Waals surface area contributed by atoms with Gasteiger partial charge in [-0.2, -0.15) is 0 Å². The SMILES string of the molecule is Oc1cccc(-c2ccc(C3OCCO3)cc2)c1. The predicted molar refractivity (Wildman–Crippen MR) is 68.2 cm³/mol. The summed E-state index contributed by atoms with van der Waals surface area (Å²) in [5.41, 5.74) is 3.08. The number of phenols is 1. The molecule has 3 rings (SSSR count). The van der Waals surface area contributed by atoms with E-state index in [0.29, 0.717) is 13.2 Å². The smallest absolute Gasteiger partial charge is 0.184 e. The summed E-state index contributed by atoms with van der Waals surface area (Å²) in [5, 5.41) is 9.46. The highest BCUT2D eigenvalue weighted by atomic mass is 16.7. The van der Waals surface area contributed by atoms with E-state index < -0.39 is 0 Å². The largest absolute Gasteiger partial charge is 0.508 e. The van der Waals surface area contributed by atoms with Crippen molar-refractivity contribution in [2.45, 2.75) is 6.29 Å². The molecule has 0 bridgehead atoms. The Morgan fingerprint density at radius 1 is 0.889 bits per heavy atom. The van der Waals surface area contributed by atoms with Gasteiger partial charge in [0.1, 0.15) is 5.75 Å². The molecule has 1 aliphatic heterocycles. The van der Waals surface area contributed by atoms with Crippen LogP contribution < -0.4 is 0 Å². The van der Waals surface area contributed by atoms with Crippen molar-refractivity contribution in [1.29, 1.82) is 0 Å². The van der Waals surface area contributed by atoms with Crippen LogP contribution in [-0.2, 0) is 9.47 Å². The summed E-state index contributed by atoms with van der Waals surface area (Å²) in [5.74, 6) is 0.277. The van der Waals surface area contributed by atoms with E-state index in [0.717, 1.165) is 16.7 Å². The Labute approximate surface area is 106 Å². The van der Waals surface area contributed by atoms with Crippen LogP contribution in [-0.4, -0.2) is 18.3 Å². The summed E-state index contributed by atoms with van der Waals surface area (Å²) in [6.07, 6.45) is -0.233. The molecule has 0 saturated carbocycles. The molecule has 3 heteroatoms. The van der Waals surface area contributed by atoms with E-state index >= 15 is 0 Å². The first-order valence-corrected chi connectivity index (χ1v) is 5.95. The third-order valence-corrected chi connectivity index (χ3v) is 2.98. The minimum atomic E-state index is -0.233. The van der Waals surface area contributed by atoms with Crippen molar-refractivity contribution in [1.82, 2.24) is 0 Å².